The average Bonchev–Trinajstić information content (AvgIpc) is 2.53. The molecule has 0 aliphatic rings. The molecule has 0 radical (unpaired) electrons. The summed E-state index contributed by atoms with van der Waals surface area (Å²) in [6.45, 7) is 0.622. The van der Waals surface area contributed by atoms with Crippen LogP contribution in [0.2, 0.25) is 0 Å². The molecule has 4 heteroatoms. The van der Waals surface area contributed by atoms with E-state index in [0.717, 1.165) is 32.9 Å². The van der Waals surface area contributed by atoms with Crippen LogP contribution >= 0.6 is 15.9 Å². The molecule has 1 heterocycles. The maximum Gasteiger partial charge on any atom is 0.152 e. The van der Waals surface area contributed by atoms with Gasteiger partial charge in [0.25, 0.3) is 0 Å². The van der Waals surface area contributed by atoms with Gasteiger partial charge in [0, 0.05) is 33.9 Å². The molecule has 0 fully saturated rings. The molecule has 0 saturated carbocycles. The molecular weight excluding hydrogens is 328 g/mol. The van der Waals surface area contributed by atoms with Crippen molar-refractivity contribution < 1.29 is 4.79 Å². The second-order valence-corrected chi connectivity index (χ2v) is 5.61. The lowest BCUT2D eigenvalue weighted by atomic mass is 10.1. The van der Waals surface area contributed by atoms with Crippen LogP contribution in [0.3, 0.4) is 0 Å². The minimum Gasteiger partial charge on any atom is -0.380 e. The number of carbonyl (C=O) groups excluding carboxylic acids is 1. The molecule has 1 aromatic heterocycles. The summed E-state index contributed by atoms with van der Waals surface area (Å²) < 4.78 is 0.891. The number of para-hydroxylation sites is 1. The van der Waals surface area contributed by atoms with E-state index in [0.29, 0.717) is 12.1 Å². The van der Waals surface area contributed by atoms with Crippen molar-refractivity contribution in [2.24, 2.45) is 0 Å². The molecule has 21 heavy (non-hydrogen) atoms. The summed E-state index contributed by atoms with van der Waals surface area (Å²) in [6, 6.07) is 15.7. The molecule has 3 nitrogen and oxygen atoms in total. The number of rotatable bonds is 4. The zero-order valence-corrected chi connectivity index (χ0v) is 12.8. The number of aromatic nitrogens is 1. The Morgan fingerprint density at radius 1 is 1.14 bits per heavy atom. The summed E-state index contributed by atoms with van der Waals surface area (Å²) >= 11 is 3.37. The van der Waals surface area contributed by atoms with Crippen molar-refractivity contribution >= 4 is 38.8 Å². The predicted octanol–water partition coefficient (Wildman–Crippen LogP) is 4.42. The van der Waals surface area contributed by atoms with E-state index in [1.165, 1.54) is 0 Å². The Bertz CT molecular complexity index is 796. The second-order valence-electron chi connectivity index (χ2n) is 4.70. The first kappa shape index (κ1) is 13.8. The summed E-state index contributed by atoms with van der Waals surface area (Å²) in [7, 11) is 0. The van der Waals surface area contributed by atoms with Gasteiger partial charge in [-0.15, -0.1) is 0 Å². The number of halogens is 1. The fourth-order valence-corrected chi connectivity index (χ4v) is 2.67. The molecule has 2 aromatic carbocycles. The van der Waals surface area contributed by atoms with Gasteiger partial charge in [-0.2, -0.15) is 0 Å². The van der Waals surface area contributed by atoms with Crippen LogP contribution in [0.25, 0.3) is 10.9 Å². The van der Waals surface area contributed by atoms with Gasteiger partial charge < -0.3 is 5.32 Å². The van der Waals surface area contributed by atoms with E-state index in [-0.39, 0.29) is 0 Å². The molecule has 1 N–H and O–H groups in total. The van der Waals surface area contributed by atoms with E-state index in [9.17, 15) is 4.79 Å². The van der Waals surface area contributed by atoms with Crippen LogP contribution in [-0.4, -0.2) is 11.3 Å². The Hall–Kier alpha value is -2.20. The number of pyridine rings is 1. The average molecular weight is 341 g/mol. The van der Waals surface area contributed by atoms with Crippen molar-refractivity contribution in [3.05, 3.63) is 70.3 Å². The summed E-state index contributed by atoms with van der Waals surface area (Å²) in [5.41, 5.74) is 3.55. The zero-order chi connectivity index (χ0) is 14.7. The highest BCUT2D eigenvalue weighted by Gasteiger charge is 2.05. The highest BCUT2D eigenvalue weighted by molar-refractivity contribution is 9.10. The van der Waals surface area contributed by atoms with Crippen molar-refractivity contribution in [1.29, 1.82) is 0 Å². The summed E-state index contributed by atoms with van der Waals surface area (Å²) in [5.74, 6) is 0. The Morgan fingerprint density at radius 3 is 2.86 bits per heavy atom. The van der Waals surface area contributed by atoms with Gasteiger partial charge in [0.15, 0.2) is 6.29 Å². The number of benzene rings is 2. The van der Waals surface area contributed by atoms with Gasteiger partial charge >= 0.3 is 0 Å². The molecule has 0 unspecified atom stereocenters. The lowest BCUT2D eigenvalue weighted by molar-refractivity contribution is 0.112. The van der Waals surface area contributed by atoms with Crippen LogP contribution in [0.4, 0.5) is 5.69 Å². The topological polar surface area (TPSA) is 42.0 Å². The molecule has 0 aliphatic carbocycles. The van der Waals surface area contributed by atoms with Crippen LogP contribution in [0.1, 0.15) is 15.9 Å². The Labute approximate surface area is 131 Å². The predicted molar refractivity (Wildman–Crippen MR) is 88.6 cm³/mol. The van der Waals surface area contributed by atoms with Crippen LogP contribution in [0.5, 0.6) is 0 Å². The second kappa shape index (κ2) is 6.06. The largest absolute Gasteiger partial charge is 0.380 e. The normalized spacial score (nSPS) is 10.5. The lowest BCUT2D eigenvalue weighted by Gasteiger charge is -2.10. The standard InChI is InChI=1S/C17H13BrN2O/c18-15-6-7-16(14(9-15)11-21)20-10-13-4-1-3-12-5-2-8-19-17(12)13/h1-9,11,20H,10H2. The van der Waals surface area contributed by atoms with Gasteiger partial charge in [-0.25, -0.2) is 0 Å². The number of nitrogens with zero attached hydrogens (tertiary/aromatic N) is 1. The highest BCUT2D eigenvalue weighted by atomic mass is 79.9. The molecular formula is C17H13BrN2O. The van der Waals surface area contributed by atoms with Crippen LogP contribution < -0.4 is 5.32 Å². The third-order valence-corrected chi connectivity index (χ3v) is 3.82. The maximum atomic E-state index is 11.1. The zero-order valence-electron chi connectivity index (χ0n) is 11.2. The first-order chi connectivity index (χ1) is 10.3. The number of anilines is 1. The van der Waals surface area contributed by atoms with Crippen molar-refractivity contribution in [3.63, 3.8) is 0 Å². The number of carbonyl (C=O) groups is 1. The van der Waals surface area contributed by atoms with Crippen molar-refractivity contribution in [2.45, 2.75) is 6.54 Å². The number of fused-ring (bicyclic) bond motifs is 1. The van der Waals surface area contributed by atoms with E-state index >= 15 is 0 Å². The molecule has 0 atom stereocenters. The lowest BCUT2D eigenvalue weighted by Crippen LogP contribution is -2.03. The van der Waals surface area contributed by atoms with Crippen LogP contribution in [-0.2, 0) is 6.54 Å². The van der Waals surface area contributed by atoms with Gasteiger partial charge in [0.1, 0.15) is 0 Å². The van der Waals surface area contributed by atoms with E-state index < -0.39 is 0 Å². The minimum atomic E-state index is 0.622. The molecule has 0 aliphatic heterocycles. The van der Waals surface area contributed by atoms with Gasteiger partial charge in [-0.05, 0) is 29.8 Å². The third kappa shape index (κ3) is 2.95. The third-order valence-electron chi connectivity index (χ3n) is 3.33. The Kier molecular flexibility index (Phi) is 3.97. The van der Waals surface area contributed by atoms with Crippen molar-refractivity contribution in [2.75, 3.05) is 5.32 Å². The van der Waals surface area contributed by atoms with Gasteiger partial charge in [-0.1, -0.05) is 40.2 Å². The molecule has 0 amide bonds. The molecule has 3 rings (SSSR count). The number of nitrogens with one attached hydrogen (secondary N) is 1. The van der Waals surface area contributed by atoms with Gasteiger partial charge in [0.05, 0.1) is 5.52 Å². The molecule has 0 saturated heterocycles. The van der Waals surface area contributed by atoms with Crippen LogP contribution in [0.15, 0.2) is 59.2 Å². The van der Waals surface area contributed by atoms with Crippen molar-refractivity contribution in [3.8, 4) is 0 Å². The first-order valence-electron chi connectivity index (χ1n) is 6.59. The number of aldehydes is 1. The molecule has 0 bridgehead atoms. The maximum absolute atomic E-state index is 11.1. The van der Waals surface area contributed by atoms with Crippen LogP contribution in [0, 0.1) is 0 Å². The SMILES string of the molecule is O=Cc1cc(Br)ccc1NCc1cccc2cccnc12. The van der Waals surface area contributed by atoms with Gasteiger partial charge in [-0.3, -0.25) is 9.78 Å². The Morgan fingerprint density at radius 2 is 2.00 bits per heavy atom. The summed E-state index contributed by atoms with van der Waals surface area (Å²) in [6.07, 6.45) is 2.65. The van der Waals surface area contributed by atoms with E-state index in [4.69, 9.17) is 0 Å². The fourth-order valence-electron chi connectivity index (χ4n) is 2.29. The fraction of sp³-hybridized carbons (Fsp3) is 0.0588. The number of hydrogen-bond acceptors (Lipinski definition) is 3. The van der Waals surface area contributed by atoms with E-state index in [1.807, 2.05) is 42.5 Å². The van der Waals surface area contributed by atoms with Crippen molar-refractivity contribution in [1.82, 2.24) is 4.98 Å². The molecule has 3 aromatic rings. The van der Waals surface area contributed by atoms with E-state index in [1.54, 1.807) is 12.3 Å². The molecule has 0 spiro atoms. The minimum absolute atomic E-state index is 0.622. The van der Waals surface area contributed by atoms with Gasteiger partial charge in [0.2, 0.25) is 0 Å². The van der Waals surface area contributed by atoms with E-state index in [2.05, 4.69) is 26.2 Å². The monoisotopic (exact) mass is 340 g/mol. The summed E-state index contributed by atoms with van der Waals surface area (Å²) in [4.78, 5) is 15.6. The first-order valence-corrected chi connectivity index (χ1v) is 7.38. The molecule has 104 valence electrons. The summed E-state index contributed by atoms with van der Waals surface area (Å²) in [5, 5.41) is 4.42. The quantitative estimate of drug-likeness (QED) is 0.714. The Balaban J connectivity index is 1.89. The number of hydrogen-bond donors (Lipinski definition) is 1. The smallest absolute Gasteiger partial charge is 0.152 e. The highest BCUT2D eigenvalue weighted by Crippen LogP contribution is 2.22.